The van der Waals surface area contributed by atoms with E-state index in [1.165, 1.54) is 21.9 Å². The van der Waals surface area contributed by atoms with Crippen LogP contribution in [0, 0.1) is 0 Å². The van der Waals surface area contributed by atoms with E-state index in [4.69, 9.17) is 14.1 Å². The third-order valence-electron chi connectivity index (χ3n) is 6.97. The summed E-state index contributed by atoms with van der Waals surface area (Å²) in [5.41, 5.74) is 6.31. The van der Waals surface area contributed by atoms with Gasteiger partial charge in [0.15, 0.2) is 5.58 Å². The standard InChI is InChI=1S/C29H27NO2/c1-16-17(2)31-23-10-11-24-26(25(16)23)21-12-13-30-27(28(21)32-24)19-14-18-8-6-7-9-20(18)22(15-19)29(3,4)5/h6-17H,1-5H3. The van der Waals surface area contributed by atoms with Gasteiger partial charge in [-0.1, -0.05) is 52.0 Å². The van der Waals surface area contributed by atoms with E-state index in [1.807, 2.05) is 18.3 Å². The highest BCUT2D eigenvalue weighted by molar-refractivity contribution is 6.11. The number of benzene rings is 3. The minimum Gasteiger partial charge on any atom is -0.490 e. The molecule has 0 saturated heterocycles. The average Bonchev–Trinajstić information content (AvgIpc) is 3.29. The van der Waals surface area contributed by atoms with Gasteiger partial charge in [-0.25, -0.2) is 0 Å². The molecular formula is C29H27NO2. The predicted molar refractivity (Wildman–Crippen MR) is 132 cm³/mol. The van der Waals surface area contributed by atoms with Gasteiger partial charge in [0.05, 0.1) is 0 Å². The van der Waals surface area contributed by atoms with Crippen molar-refractivity contribution in [1.29, 1.82) is 0 Å². The maximum atomic E-state index is 6.47. The van der Waals surface area contributed by atoms with E-state index in [0.717, 1.165) is 38.9 Å². The average molecular weight is 422 g/mol. The third kappa shape index (κ3) is 2.70. The van der Waals surface area contributed by atoms with Crippen molar-refractivity contribution in [2.24, 2.45) is 0 Å². The summed E-state index contributed by atoms with van der Waals surface area (Å²) in [6, 6.07) is 19.3. The number of nitrogens with zero attached hydrogens (tertiary/aromatic N) is 1. The molecule has 0 spiro atoms. The number of furan rings is 1. The van der Waals surface area contributed by atoms with E-state index >= 15 is 0 Å². The van der Waals surface area contributed by atoms with Gasteiger partial charge < -0.3 is 9.15 Å². The van der Waals surface area contributed by atoms with Gasteiger partial charge in [-0.2, -0.15) is 0 Å². The molecule has 0 amide bonds. The Labute approximate surface area is 188 Å². The normalized spacial score (nSPS) is 18.4. The molecule has 0 saturated carbocycles. The Kier molecular flexibility index (Phi) is 3.98. The molecule has 3 nitrogen and oxygen atoms in total. The van der Waals surface area contributed by atoms with Gasteiger partial charge >= 0.3 is 0 Å². The largest absolute Gasteiger partial charge is 0.490 e. The first-order valence-corrected chi connectivity index (χ1v) is 11.4. The molecule has 160 valence electrons. The molecule has 0 fully saturated rings. The highest BCUT2D eigenvalue weighted by Gasteiger charge is 2.31. The molecule has 32 heavy (non-hydrogen) atoms. The summed E-state index contributed by atoms with van der Waals surface area (Å²) in [6.07, 6.45) is 2.07. The number of hydrogen-bond acceptors (Lipinski definition) is 3. The van der Waals surface area contributed by atoms with E-state index in [0.29, 0.717) is 5.92 Å². The molecule has 3 heteroatoms. The number of rotatable bonds is 1. The van der Waals surface area contributed by atoms with E-state index < -0.39 is 0 Å². The zero-order valence-electron chi connectivity index (χ0n) is 19.2. The van der Waals surface area contributed by atoms with Crippen LogP contribution in [0.5, 0.6) is 5.75 Å². The first-order valence-electron chi connectivity index (χ1n) is 11.4. The lowest BCUT2D eigenvalue weighted by atomic mass is 9.82. The molecule has 0 bridgehead atoms. The Morgan fingerprint density at radius 2 is 1.72 bits per heavy atom. The van der Waals surface area contributed by atoms with E-state index in [2.05, 4.69) is 77.1 Å². The van der Waals surface area contributed by atoms with Crippen LogP contribution in [-0.2, 0) is 5.41 Å². The van der Waals surface area contributed by atoms with Crippen LogP contribution in [0.3, 0.4) is 0 Å². The molecule has 2 unspecified atom stereocenters. The van der Waals surface area contributed by atoms with Gasteiger partial charge in [-0.3, -0.25) is 4.98 Å². The summed E-state index contributed by atoms with van der Waals surface area (Å²) in [5.74, 6) is 1.29. The van der Waals surface area contributed by atoms with Crippen molar-refractivity contribution in [3.63, 3.8) is 0 Å². The molecule has 2 aromatic heterocycles. The molecule has 3 heterocycles. The Bertz CT molecular complexity index is 1520. The maximum absolute atomic E-state index is 6.47. The third-order valence-corrected chi connectivity index (χ3v) is 6.97. The predicted octanol–water partition coefficient (Wildman–Crippen LogP) is 7.98. The number of ether oxygens (including phenoxy) is 1. The molecule has 5 aromatic rings. The molecular weight excluding hydrogens is 394 g/mol. The maximum Gasteiger partial charge on any atom is 0.161 e. The summed E-state index contributed by atoms with van der Waals surface area (Å²) in [6.45, 7) is 11.2. The number of hydrogen-bond donors (Lipinski definition) is 0. The molecule has 2 atom stereocenters. The first kappa shape index (κ1) is 19.4. The van der Waals surface area contributed by atoms with Gasteiger partial charge in [-0.15, -0.1) is 0 Å². The van der Waals surface area contributed by atoms with Gasteiger partial charge in [0.2, 0.25) is 0 Å². The molecule has 0 aliphatic carbocycles. The van der Waals surface area contributed by atoms with Crippen molar-refractivity contribution >= 4 is 32.7 Å². The summed E-state index contributed by atoms with van der Waals surface area (Å²) in [7, 11) is 0. The van der Waals surface area contributed by atoms with Crippen molar-refractivity contribution in [2.45, 2.75) is 52.1 Å². The lowest BCUT2D eigenvalue weighted by Crippen LogP contribution is -2.12. The van der Waals surface area contributed by atoms with Crippen molar-refractivity contribution in [3.05, 3.63) is 71.9 Å². The SMILES string of the molecule is CC1Oc2ccc3oc4c(-c5cc(C(C)(C)C)c6ccccc6c5)nccc4c3c2C1C. The van der Waals surface area contributed by atoms with Gasteiger partial charge in [0, 0.05) is 34.0 Å². The van der Waals surface area contributed by atoms with Crippen LogP contribution in [-0.4, -0.2) is 11.1 Å². The van der Waals surface area contributed by atoms with Crippen molar-refractivity contribution in [2.75, 3.05) is 0 Å². The highest BCUT2D eigenvalue weighted by atomic mass is 16.5. The van der Waals surface area contributed by atoms with Crippen molar-refractivity contribution in [3.8, 4) is 17.0 Å². The summed E-state index contributed by atoms with van der Waals surface area (Å²) in [5, 5.41) is 4.78. The minimum absolute atomic E-state index is 0.0150. The number of pyridine rings is 1. The quantitative estimate of drug-likeness (QED) is 0.275. The summed E-state index contributed by atoms with van der Waals surface area (Å²) in [4.78, 5) is 4.80. The van der Waals surface area contributed by atoms with Crippen LogP contribution in [0.4, 0.5) is 0 Å². The lowest BCUT2D eigenvalue weighted by Gasteiger charge is -2.22. The Balaban J connectivity index is 1.67. The highest BCUT2D eigenvalue weighted by Crippen LogP contribution is 2.47. The first-order chi connectivity index (χ1) is 15.3. The Hall–Kier alpha value is -3.33. The fourth-order valence-corrected chi connectivity index (χ4v) is 5.17. The van der Waals surface area contributed by atoms with Crippen LogP contribution < -0.4 is 4.74 Å². The second-order valence-corrected chi connectivity index (χ2v) is 10.1. The van der Waals surface area contributed by atoms with Crippen LogP contribution in [0.2, 0.25) is 0 Å². The second-order valence-electron chi connectivity index (χ2n) is 10.1. The zero-order chi connectivity index (χ0) is 22.2. The van der Waals surface area contributed by atoms with Crippen molar-refractivity contribution in [1.82, 2.24) is 4.98 Å². The van der Waals surface area contributed by atoms with Crippen LogP contribution in [0.1, 0.15) is 51.7 Å². The molecule has 6 rings (SSSR count). The molecule has 1 aliphatic heterocycles. The fourth-order valence-electron chi connectivity index (χ4n) is 5.17. The second kappa shape index (κ2) is 6.59. The Morgan fingerprint density at radius 1 is 0.906 bits per heavy atom. The summed E-state index contributed by atoms with van der Waals surface area (Å²) < 4.78 is 12.6. The van der Waals surface area contributed by atoms with E-state index in [9.17, 15) is 0 Å². The van der Waals surface area contributed by atoms with Gasteiger partial charge in [-0.05, 0) is 59.0 Å². The number of aromatic nitrogens is 1. The monoisotopic (exact) mass is 421 g/mol. The van der Waals surface area contributed by atoms with Crippen LogP contribution >= 0.6 is 0 Å². The minimum atomic E-state index is 0.0150. The van der Waals surface area contributed by atoms with Crippen LogP contribution in [0.15, 0.2) is 65.2 Å². The van der Waals surface area contributed by atoms with Gasteiger partial charge in [0.1, 0.15) is 23.1 Å². The zero-order valence-corrected chi connectivity index (χ0v) is 19.2. The molecule has 1 aliphatic rings. The molecule has 0 radical (unpaired) electrons. The molecule has 3 aromatic carbocycles. The Morgan fingerprint density at radius 3 is 2.53 bits per heavy atom. The summed E-state index contributed by atoms with van der Waals surface area (Å²) >= 11 is 0. The number of fused-ring (bicyclic) bond motifs is 6. The van der Waals surface area contributed by atoms with E-state index in [1.54, 1.807) is 0 Å². The van der Waals surface area contributed by atoms with Crippen LogP contribution in [0.25, 0.3) is 44.0 Å². The van der Waals surface area contributed by atoms with Gasteiger partial charge in [0.25, 0.3) is 0 Å². The fraction of sp³-hybridized carbons (Fsp3) is 0.276. The molecule has 0 N–H and O–H groups in total. The van der Waals surface area contributed by atoms with Crippen molar-refractivity contribution < 1.29 is 9.15 Å². The van der Waals surface area contributed by atoms with E-state index in [-0.39, 0.29) is 11.5 Å². The lowest BCUT2D eigenvalue weighted by molar-refractivity contribution is 0.232. The smallest absolute Gasteiger partial charge is 0.161 e. The topological polar surface area (TPSA) is 35.3 Å².